The molecule has 2 fully saturated rings. The molecule has 0 amide bonds. The highest BCUT2D eigenvalue weighted by atomic mass is 79.9. The fourth-order valence-electron chi connectivity index (χ4n) is 3.17. The van der Waals surface area contributed by atoms with Gasteiger partial charge in [-0.3, -0.25) is 4.98 Å². The van der Waals surface area contributed by atoms with Crippen molar-refractivity contribution in [1.82, 2.24) is 9.88 Å². The molecule has 92 valence electrons. The molecule has 3 nitrogen and oxygen atoms in total. The van der Waals surface area contributed by atoms with Gasteiger partial charge in [-0.2, -0.15) is 0 Å². The molecule has 2 saturated heterocycles. The Hall–Kier alpha value is -0.450. The van der Waals surface area contributed by atoms with E-state index in [0.717, 1.165) is 48.9 Å². The molecule has 3 atom stereocenters. The molecule has 0 radical (unpaired) electrons. The topological polar surface area (TPSA) is 36.4 Å². The van der Waals surface area contributed by atoms with Gasteiger partial charge in [-0.15, -0.1) is 0 Å². The molecule has 0 saturated carbocycles. The van der Waals surface area contributed by atoms with E-state index in [1.807, 2.05) is 6.20 Å². The summed E-state index contributed by atoms with van der Waals surface area (Å²) in [5, 5.41) is 10.8. The SMILES string of the molecule is OC1(Cc2cncc(Br)c2)CCN2CCC1C2. The van der Waals surface area contributed by atoms with Crippen molar-refractivity contribution in [2.24, 2.45) is 5.92 Å². The summed E-state index contributed by atoms with van der Waals surface area (Å²) in [5.41, 5.74) is 0.609. The highest BCUT2D eigenvalue weighted by molar-refractivity contribution is 9.10. The van der Waals surface area contributed by atoms with Gasteiger partial charge in [0, 0.05) is 42.3 Å². The van der Waals surface area contributed by atoms with Gasteiger partial charge in [0.15, 0.2) is 0 Å². The smallest absolute Gasteiger partial charge is 0.0741 e. The first kappa shape index (κ1) is 11.6. The van der Waals surface area contributed by atoms with E-state index < -0.39 is 5.60 Å². The van der Waals surface area contributed by atoms with Crippen molar-refractivity contribution in [3.8, 4) is 0 Å². The lowest BCUT2D eigenvalue weighted by Gasteiger charge is -2.38. The molecule has 2 aliphatic rings. The molecule has 2 bridgehead atoms. The highest BCUT2D eigenvalue weighted by Crippen LogP contribution is 2.37. The standard InChI is InChI=1S/C13H17BrN2O/c14-12-5-10(7-15-8-12)6-13(17)2-4-16-3-1-11(13)9-16/h5,7-8,11,17H,1-4,6,9H2. The largest absolute Gasteiger partial charge is 0.389 e. The van der Waals surface area contributed by atoms with Crippen LogP contribution in [0.3, 0.4) is 0 Å². The van der Waals surface area contributed by atoms with Crippen LogP contribution in [0, 0.1) is 5.92 Å². The fraction of sp³-hybridized carbons (Fsp3) is 0.615. The normalized spacial score (nSPS) is 36.1. The summed E-state index contributed by atoms with van der Waals surface area (Å²) in [6, 6.07) is 2.06. The van der Waals surface area contributed by atoms with E-state index in [9.17, 15) is 5.11 Å². The summed E-state index contributed by atoms with van der Waals surface area (Å²) in [5.74, 6) is 0.440. The Morgan fingerprint density at radius 2 is 2.35 bits per heavy atom. The van der Waals surface area contributed by atoms with Crippen molar-refractivity contribution in [3.63, 3.8) is 0 Å². The molecule has 17 heavy (non-hydrogen) atoms. The van der Waals surface area contributed by atoms with Gasteiger partial charge in [0.2, 0.25) is 0 Å². The zero-order valence-electron chi connectivity index (χ0n) is 9.77. The summed E-state index contributed by atoms with van der Waals surface area (Å²) < 4.78 is 0.988. The van der Waals surface area contributed by atoms with E-state index in [-0.39, 0.29) is 0 Å². The molecule has 3 heterocycles. The van der Waals surface area contributed by atoms with Crippen LogP contribution in [-0.2, 0) is 6.42 Å². The monoisotopic (exact) mass is 296 g/mol. The van der Waals surface area contributed by atoms with E-state index in [1.165, 1.54) is 0 Å². The molecule has 0 aliphatic carbocycles. The highest BCUT2D eigenvalue weighted by Gasteiger charge is 2.44. The summed E-state index contributed by atoms with van der Waals surface area (Å²) in [4.78, 5) is 6.63. The van der Waals surface area contributed by atoms with E-state index in [1.54, 1.807) is 6.20 Å². The van der Waals surface area contributed by atoms with E-state index in [2.05, 4.69) is 31.9 Å². The number of piperidine rings is 1. The fourth-order valence-corrected chi connectivity index (χ4v) is 3.58. The molecule has 4 heteroatoms. The summed E-state index contributed by atoms with van der Waals surface area (Å²) >= 11 is 3.43. The van der Waals surface area contributed by atoms with Gasteiger partial charge in [-0.05, 0) is 46.9 Å². The van der Waals surface area contributed by atoms with Crippen LogP contribution in [0.1, 0.15) is 18.4 Å². The maximum Gasteiger partial charge on any atom is 0.0741 e. The van der Waals surface area contributed by atoms with Crippen LogP contribution in [0.25, 0.3) is 0 Å². The molecule has 3 rings (SSSR count). The zero-order valence-corrected chi connectivity index (χ0v) is 11.4. The average molecular weight is 297 g/mol. The maximum atomic E-state index is 10.8. The number of nitrogens with zero attached hydrogens (tertiary/aromatic N) is 2. The van der Waals surface area contributed by atoms with Gasteiger partial charge in [-0.25, -0.2) is 0 Å². The predicted molar refractivity (Wildman–Crippen MR) is 69.8 cm³/mol. The van der Waals surface area contributed by atoms with Gasteiger partial charge < -0.3 is 10.0 Å². The number of hydrogen-bond donors (Lipinski definition) is 1. The molecule has 1 aromatic heterocycles. The van der Waals surface area contributed by atoms with Crippen LogP contribution in [0.15, 0.2) is 22.9 Å². The van der Waals surface area contributed by atoms with Gasteiger partial charge in [0.05, 0.1) is 5.60 Å². The van der Waals surface area contributed by atoms with Crippen molar-refractivity contribution in [2.75, 3.05) is 19.6 Å². The van der Waals surface area contributed by atoms with Crippen molar-refractivity contribution < 1.29 is 5.11 Å². The summed E-state index contributed by atoms with van der Waals surface area (Å²) in [7, 11) is 0. The maximum absolute atomic E-state index is 10.8. The number of rotatable bonds is 2. The minimum absolute atomic E-state index is 0.440. The van der Waals surface area contributed by atoms with Gasteiger partial charge in [-0.1, -0.05) is 0 Å². The second kappa shape index (κ2) is 4.34. The third-order valence-electron chi connectivity index (χ3n) is 4.16. The molecule has 0 aromatic carbocycles. The molecule has 2 aliphatic heterocycles. The predicted octanol–water partition coefficient (Wildman–Crippen LogP) is 1.84. The van der Waals surface area contributed by atoms with Crippen LogP contribution < -0.4 is 0 Å². The quantitative estimate of drug-likeness (QED) is 0.905. The molecule has 1 N–H and O–H groups in total. The first-order chi connectivity index (χ1) is 8.16. The van der Waals surface area contributed by atoms with E-state index in [4.69, 9.17) is 0 Å². The molecule has 1 aromatic rings. The lowest BCUT2D eigenvalue weighted by molar-refractivity contribution is -0.0439. The van der Waals surface area contributed by atoms with Gasteiger partial charge in [0.1, 0.15) is 0 Å². The lowest BCUT2D eigenvalue weighted by Crippen LogP contribution is -2.47. The van der Waals surface area contributed by atoms with Crippen molar-refractivity contribution in [1.29, 1.82) is 0 Å². The third kappa shape index (κ3) is 2.26. The number of hydrogen-bond acceptors (Lipinski definition) is 3. The van der Waals surface area contributed by atoms with Gasteiger partial charge >= 0.3 is 0 Å². The van der Waals surface area contributed by atoms with Crippen LogP contribution in [-0.4, -0.2) is 40.2 Å². The van der Waals surface area contributed by atoms with Crippen molar-refractivity contribution in [2.45, 2.75) is 24.9 Å². The Kier molecular flexibility index (Phi) is 2.97. The second-order valence-electron chi connectivity index (χ2n) is 5.33. The Morgan fingerprint density at radius 3 is 3.18 bits per heavy atom. The average Bonchev–Trinajstić information content (AvgIpc) is 2.70. The van der Waals surface area contributed by atoms with Crippen molar-refractivity contribution in [3.05, 3.63) is 28.5 Å². The molecular formula is C13H17BrN2O. The Labute approximate surface area is 110 Å². The number of halogens is 1. The zero-order chi connectivity index (χ0) is 11.9. The molecule has 3 unspecified atom stereocenters. The number of fused-ring (bicyclic) bond motifs is 2. The van der Waals surface area contributed by atoms with E-state index in [0.29, 0.717) is 5.92 Å². The minimum Gasteiger partial charge on any atom is -0.389 e. The van der Waals surface area contributed by atoms with Crippen LogP contribution in [0.2, 0.25) is 0 Å². The lowest BCUT2D eigenvalue weighted by atomic mass is 9.78. The van der Waals surface area contributed by atoms with Crippen LogP contribution in [0.5, 0.6) is 0 Å². The second-order valence-corrected chi connectivity index (χ2v) is 6.24. The summed E-state index contributed by atoms with van der Waals surface area (Å²) in [6.07, 6.45) is 6.41. The minimum atomic E-state index is -0.518. The first-order valence-electron chi connectivity index (χ1n) is 6.20. The number of aliphatic hydroxyl groups is 1. The Balaban J connectivity index is 1.79. The third-order valence-corrected chi connectivity index (χ3v) is 4.60. The summed E-state index contributed by atoms with van der Waals surface area (Å²) in [6.45, 7) is 3.26. The first-order valence-corrected chi connectivity index (χ1v) is 6.99. The van der Waals surface area contributed by atoms with Gasteiger partial charge in [0.25, 0.3) is 0 Å². The van der Waals surface area contributed by atoms with Crippen molar-refractivity contribution >= 4 is 15.9 Å². The van der Waals surface area contributed by atoms with Crippen LogP contribution in [0.4, 0.5) is 0 Å². The van der Waals surface area contributed by atoms with E-state index >= 15 is 0 Å². The number of aromatic nitrogens is 1. The Morgan fingerprint density at radius 1 is 1.47 bits per heavy atom. The molecular weight excluding hydrogens is 280 g/mol. The molecule has 0 spiro atoms. The number of pyridine rings is 1. The van der Waals surface area contributed by atoms with Crippen LogP contribution >= 0.6 is 15.9 Å². The Bertz CT molecular complexity index is 426.